The summed E-state index contributed by atoms with van der Waals surface area (Å²) < 4.78 is 26.6. The van der Waals surface area contributed by atoms with Crippen LogP contribution in [0.4, 0.5) is 20.2 Å². The molecule has 1 aliphatic heterocycles. The van der Waals surface area contributed by atoms with Gasteiger partial charge in [-0.1, -0.05) is 30.3 Å². The number of nitrogens with zero attached hydrogens (tertiary/aromatic N) is 1. The zero-order valence-corrected chi connectivity index (χ0v) is 16.6. The number of carbonyl (C=O) groups excluding carboxylic acids is 1. The van der Waals surface area contributed by atoms with Crippen molar-refractivity contribution in [2.45, 2.75) is 6.54 Å². The van der Waals surface area contributed by atoms with E-state index in [9.17, 15) is 13.6 Å². The van der Waals surface area contributed by atoms with E-state index in [4.69, 9.17) is 0 Å². The van der Waals surface area contributed by atoms with Crippen LogP contribution in [0.25, 0.3) is 0 Å². The summed E-state index contributed by atoms with van der Waals surface area (Å²) in [6.07, 6.45) is 0. The quantitative estimate of drug-likeness (QED) is 0.681. The highest BCUT2D eigenvalue weighted by atomic mass is 19.1. The zero-order chi connectivity index (χ0) is 20.9. The van der Waals surface area contributed by atoms with Crippen molar-refractivity contribution in [1.82, 2.24) is 0 Å². The van der Waals surface area contributed by atoms with Crippen LogP contribution < -0.4 is 15.1 Å². The molecule has 4 nitrogen and oxygen atoms in total. The van der Waals surface area contributed by atoms with Gasteiger partial charge in [-0.25, -0.2) is 8.78 Å². The highest BCUT2D eigenvalue weighted by Gasteiger charge is 2.20. The van der Waals surface area contributed by atoms with E-state index in [0.717, 1.165) is 56.6 Å². The lowest BCUT2D eigenvalue weighted by Gasteiger charge is -2.33. The first-order valence-electron chi connectivity index (χ1n) is 10.1. The number of rotatable bonds is 5. The first-order chi connectivity index (χ1) is 14.6. The van der Waals surface area contributed by atoms with Crippen molar-refractivity contribution in [1.29, 1.82) is 0 Å². The molecule has 0 aromatic heterocycles. The first-order valence-corrected chi connectivity index (χ1v) is 10.1. The Labute approximate surface area is 174 Å². The molecule has 0 unspecified atom stereocenters. The molecule has 0 radical (unpaired) electrons. The Bertz CT molecular complexity index is 980. The summed E-state index contributed by atoms with van der Waals surface area (Å²) in [5.74, 6) is -2.09. The van der Waals surface area contributed by atoms with Crippen LogP contribution in [-0.2, 0) is 6.54 Å². The molecule has 4 rings (SSSR count). The lowest BCUT2D eigenvalue weighted by Crippen LogP contribution is -3.13. The maximum Gasteiger partial charge on any atom is 0.255 e. The summed E-state index contributed by atoms with van der Waals surface area (Å²) in [6.45, 7) is 5.12. The van der Waals surface area contributed by atoms with Gasteiger partial charge in [-0.15, -0.1) is 0 Å². The molecular weight excluding hydrogens is 384 g/mol. The minimum absolute atomic E-state index is 0.0471. The van der Waals surface area contributed by atoms with E-state index in [1.54, 1.807) is 4.90 Å². The van der Waals surface area contributed by atoms with Crippen molar-refractivity contribution in [3.8, 4) is 0 Å². The van der Waals surface area contributed by atoms with E-state index >= 15 is 0 Å². The van der Waals surface area contributed by atoms with Gasteiger partial charge < -0.3 is 15.1 Å². The smallest absolute Gasteiger partial charge is 0.255 e. The number of hydrogen-bond donors (Lipinski definition) is 2. The van der Waals surface area contributed by atoms with Crippen LogP contribution >= 0.6 is 0 Å². The third kappa shape index (κ3) is 5.02. The third-order valence-electron chi connectivity index (χ3n) is 5.38. The lowest BCUT2D eigenvalue weighted by molar-refractivity contribution is -0.914. The molecule has 0 aliphatic carbocycles. The summed E-state index contributed by atoms with van der Waals surface area (Å²) in [7, 11) is 0. The normalized spacial score (nSPS) is 14.5. The molecule has 0 atom stereocenters. The van der Waals surface area contributed by atoms with Gasteiger partial charge in [-0.05, 0) is 36.4 Å². The van der Waals surface area contributed by atoms with Gasteiger partial charge in [-0.2, -0.15) is 0 Å². The SMILES string of the molecule is O=C(Nc1ccc(N2CC[NH+](Cc3ccccc3)CC2)cc1)c1cc(F)cc(F)c1. The monoisotopic (exact) mass is 408 g/mol. The molecule has 154 valence electrons. The summed E-state index contributed by atoms with van der Waals surface area (Å²) in [5, 5.41) is 2.68. The summed E-state index contributed by atoms with van der Waals surface area (Å²) >= 11 is 0. The van der Waals surface area contributed by atoms with Crippen LogP contribution in [0.2, 0.25) is 0 Å². The maximum atomic E-state index is 13.3. The van der Waals surface area contributed by atoms with E-state index in [0.29, 0.717) is 5.69 Å². The van der Waals surface area contributed by atoms with E-state index in [1.807, 2.05) is 30.3 Å². The van der Waals surface area contributed by atoms with E-state index in [-0.39, 0.29) is 5.56 Å². The molecule has 3 aromatic rings. The van der Waals surface area contributed by atoms with Gasteiger partial charge in [0.1, 0.15) is 18.2 Å². The van der Waals surface area contributed by atoms with Crippen LogP contribution in [0, 0.1) is 11.6 Å². The molecule has 0 spiro atoms. The Morgan fingerprint density at radius 3 is 2.17 bits per heavy atom. The third-order valence-corrected chi connectivity index (χ3v) is 5.38. The van der Waals surface area contributed by atoms with E-state index < -0.39 is 17.5 Å². The summed E-state index contributed by atoms with van der Waals surface area (Å²) in [6, 6.07) is 20.9. The van der Waals surface area contributed by atoms with Crippen LogP contribution in [0.5, 0.6) is 0 Å². The van der Waals surface area contributed by atoms with Gasteiger partial charge in [0.05, 0.1) is 26.2 Å². The van der Waals surface area contributed by atoms with Gasteiger partial charge in [0.15, 0.2) is 0 Å². The Hall–Kier alpha value is -3.25. The van der Waals surface area contributed by atoms with Crippen molar-refractivity contribution in [2.24, 2.45) is 0 Å². The van der Waals surface area contributed by atoms with Crippen LogP contribution in [0.1, 0.15) is 15.9 Å². The standard InChI is InChI=1S/C24H23F2N3O/c25-20-14-19(15-21(26)16-20)24(30)27-22-6-8-23(9-7-22)29-12-10-28(11-13-29)17-18-4-2-1-3-5-18/h1-9,14-16H,10-13,17H2,(H,27,30)/p+1. The Morgan fingerprint density at radius 2 is 1.53 bits per heavy atom. The summed E-state index contributed by atoms with van der Waals surface area (Å²) in [5.41, 5.74) is 3.00. The minimum atomic E-state index is -0.774. The van der Waals surface area contributed by atoms with Crippen molar-refractivity contribution in [3.05, 3.63) is 95.6 Å². The average Bonchev–Trinajstić information content (AvgIpc) is 2.75. The molecule has 1 aliphatic rings. The number of hydrogen-bond acceptors (Lipinski definition) is 2. The van der Waals surface area contributed by atoms with Crippen LogP contribution in [-0.4, -0.2) is 32.1 Å². The Morgan fingerprint density at radius 1 is 0.900 bits per heavy atom. The Kier molecular flexibility index (Phi) is 6.05. The molecule has 1 saturated heterocycles. The molecule has 1 heterocycles. The fraction of sp³-hybridized carbons (Fsp3) is 0.208. The highest BCUT2D eigenvalue weighted by Crippen LogP contribution is 2.19. The van der Waals surface area contributed by atoms with E-state index in [2.05, 4.69) is 34.5 Å². The van der Waals surface area contributed by atoms with Crippen LogP contribution in [0.15, 0.2) is 72.8 Å². The number of piperazine rings is 1. The molecule has 3 aromatic carbocycles. The number of anilines is 2. The van der Waals surface area contributed by atoms with Crippen molar-refractivity contribution in [2.75, 3.05) is 36.4 Å². The number of amides is 1. The van der Waals surface area contributed by atoms with Crippen molar-refractivity contribution >= 4 is 17.3 Å². The highest BCUT2D eigenvalue weighted by molar-refractivity contribution is 6.04. The van der Waals surface area contributed by atoms with Gasteiger partial charge in [0, 0.05) is 28.6 Å². The molecule has 30 heavy (non-hydrogen) atoms. The number of halogens is 2. The molecular formula is C24H24F2N3O+. The molecule has 2 N–H and O–H groups in total. The largest absolute Gasteiger partial charge is 0.360 e. The van der Waals surface area contributed by atoms with Crippen molar-refractivity contribution < 1.29 is 18.5 Å². The predicted octanol–water partition coefficient (Wildman–Crippen LogP) is 3.12. The molecule has 1 amide bonds. The molecule has 1 fully saturated rings. The number of carbonyl (C=O) groups is 1. The number of nitrogens with one attached hydrogen (secondary N) is 2. The first kappa shape index (κ1) is 20.0. The topological polar surface area (TPSA) is 36.8 Å². The fourth-order valence-electron chi connectivity index (χ4n) is 3.79. The fourth-order valence-corrected chi connectivity index (χ4v) is 3.79. The van der Waals surface area contributed by atoms with Gasteiger partial charge in [-0.3, -0.25) is 4.79 Å². The maximum absolute atomic E-state index is 13.3. The molecule has 0 saturated carbocycles. The number of benzene rings is 3. The lowest BCUT2D eigenvalue weighted by atomic mass is 10.1. The molecule has 6 heteroatoms. The molecule has 0 bridgehead atoms. The second-order valence-corrected chi connectivity index (χ2v) is 7.56. The van der Waals surface area contributed by atoms with E-state index in [1.165, 1.54) is 5.56 Å². The second kappa shape index (κ2) is 9.05. The number of quaternary nitrogens is 1. The van der Waals surface area contributed by atoms with Gasteiger partial charge in [0.2, 0.25) is 0 Å². The van der Waals surface area contributed by atoms with Crippen LogP contribution in [0.3, 0.4) is 0 Å². The average molecular weight is 408 g/mol. The zero-order valence-electron chi connectivity index (χ0n) is 16.6. The van der Waals surface area contributed by atoms with Gasteiger partial charge >= 0.3 is 0 Å². The predicted molar refractivity (Wildman–Crippen MR) is 114 cm³/mol. The Balaban J connectivity index is 1.32. The minimum Gasteiger partial charge on any atom is -0.360 e. The van der Waals surface area contributed by atoms with Crippen molar-refractivity contribution in [3.63, 3.8) is 0 Å². The summed E-state index contributed by atoms with van der Waals surface area (Å²) in [4.78, 5) is 16.1. The second-order valence-electron chi connectivity index (χ2n) is 7.56. The van der Waals surface area contributed by atoms with Gasteiger partial charge in [0.25, 0.3) is 5.91 Å².